The average molecular weight is 250 g/mol. The zero-order chi connectivity index (χ0) is 13.2. The van der Waals surface area contributed by atoms with Crippen LogP contribution in [0.2, 0.25) is 0 Å². The molecule has 0 saturated carbocycles. The molecule has 17 heavy (non-hydrogen) atoms. The summed E-state index contributed by atoms with van der Waals surface area (Å²) in [5, 5.41) is 18.6. The first-order valence-corrected chi connectivity index (χ1v) is 4.47. The third kappa shape index (κ3) is 2.75. The highest BCUT2D eigenvalue weighted by molar-refractivity contribution is 5.75. The number of carbonyl (C=O) groups excluding carboxylic acids is 1. The van der Waals surface area contributed by atoms with Gasteiger partial charge in [0.2, 0.25) is 0 Å². The standard InChI is InChI=1S/C10H9F3O4/c1-17-10(16)9(15)8(14)4-2-6(12)7(13)3-5(4)11/h2-3,8-9,14-15H,1H3. The van der Waals surface area contributed by atoms with Crippen molar-refractivity contribution in [2.45, 2.75) is 12.2 Å². The van der Waals surface area contributed by atoms with Gasteiger partial charge in [-0.1, -0.05) is 0 Å². The van der Waals surface area contributed by atoms with Gasteiger partial charge < -0.3 is 14.9 Å². The van der Waals surface area contributed by atoms with Gasteiger partial charge in [-0.25, -0.2) is 18.0 Å². The van der Waals surface area contributed by atoms with Crippen LogP contribution in [-0.2, 0) is 9.53 Å². The van der Waals surface area contributed by atoms with Crippen LogP contribution in [0.5, 0.6) is 0 Å². The fraction of sp³-hybridized carbons (Fsp3) is 0.300. The Morgan fingerprint density at radius 3 is 2.24 bits per heavy atom. The molecule has 2 atom stereocenters. The number of hydrogen-bond donors (Lipinski definition) is 2. The Balaban J connectivity index is 3.08. The van der Waals surface area contributed by atoms with Crippen LogP contribution in [0.3, 0.4) is 0 Å². The van der Waals surface area contributed by atoms with E-state index in [2.05, 4.69) is 4.74 Å². The van der Waals surface area contributed by atoms with Crippen LogP contribution < -0.4 is 0 Å². The van der Waals surface area contributed by atoms with Gasteiger partial charge in [-0.3, -0.25) is 0 Å². The van der Waals surface area contributed by atoms with Gasteiger partial charge >= 0.3 is 5.97 Å². The minimum absolute atomic E-state index is 0.206. The smallest absolute Gasteiger partial charge is 0.337 e. The molecule has 0 heterocycles. The first kappa shape index (κ1) is 13.5. The molecule has 1 aromatic carbocycles. The van der Waals surface area contributed by atoms with Crippen molar-refractivity contribution in [1.29, 1.82) is 0 Å². The number of halogens is 3. The van der Waals surface area contributed by atoms with E-state index in [1.807, 2.05) is 0 Å². The molecule has 0 radical (unpaired) electrons. The average Bonchev–Trinajstić information content (AvgIpc) is 2.31. The predicted molar refractivity (Wildman–Crippen MR) is 49.3 cm³/mol. The van der Waals surface area contributed by atoms with Gasteiger partial charge in [0.05, 0.1) is 7.11 Å². The van der Waals surface area contributed by atoms with Crippen LogP contribution in [0.1, 0.15) is 11.7 Å². The van der Waals surface area contributed by atoms with Crippen LogP contribution in [-0.4, -0.2) is 29.4 Å². The van der Waals surface area contributed by atoms with E-state index in [-0.39, 0.29) is 6.07 Å². The van der Waals surface area contributed by atoms with Gasteiger partial charge in [-0.05, 0) is 6.07 Å². The lowest BCUT2D eigenvalue weighted by atomic mass is 10.0. The molecular formula is C10H9F3O4. The summed E-state index contributed by atoms with van der Waals surface area (Å²) in [6.07, 6.45) is -4.13. The zero-order valence-corrected chi connectivity index (χ0v) is 8.65. The maximum absolute atomic E-state index is 13.2. The van der Waals surface area contributed by atoms with Crippen molar-refractivity contribution in [3.8, 4) is 0 Å². The van der Waals surface area contributed by atoms with E-state index in [0.29, 0.717) is 6.07 Å². The normalized spacial score (nSPS) is 14.2. The maximum atomic E-state index is 13.2. The number of hydrogen-bond acceptors (Lipinski definition) is 4. The van der Waals surface area contributed by atoms with E-state index in [1.54, 1.807) is 0 Å². The summed E-state index contributed by atoms with van der Waals surface area (Å²) in [6, 6.07) is 0.569. The molecule has 1 rings (SSSR count). The maximum Gasteiger partial charge on any atom is 0.337 e. The number of benzene rings is 1. The van der Waals surface area contributed by atoms with E-state index in [0.717, 1.165) is 7.11 Å². The van der Waals surface area contributed by atoms with Crippen molar-refractivity contribution in [2.75, 3.05) is 7.11 Å². The van der Waals surface area contributed by atoms with Gasteiger partial charge in [0.1, 0.15) is 11.9 Å². The number of aliphatic hydroxyl groups excluding tert-OH is 2. The van der Waals surface area contributed by atoms with Crippen molar-refractivity contribution in [2.24, 2.45) is 0 Å². The summed E-state index contributed by atoms with van der Waals surface area (Å²) in [5.41, 5.74) is -0.734. The molecule has 0 saturated heterocycles. The summed E-state index contributed by atoms with van der Waals surface area (Å²) in [7, 11) is 0.944. The lowest BCUT2D eigenvalue weighted by molar-refractivity contribution is -0.156. The molecule has 4 nitrogen and oxygen atoms in total. The lowest BCUT2D eigenvalue weighted by Crippen LogP contribution is -2.29. The number of ether oxygens (including phenoxy) is 1. The second-order valence-corrected chi connectivity index (χ2v) is 3.20. The molecule has 2 unspecified atom stereocenters. The third-order valence-corrected chi connectivity index (χ3v) is 2.10. The van der Waals surface area contributed by atoms with Gasteiger partial charge in [0, 0.05) is 11.6 Å². The highest BCUT2D eigenvalue weighted by Crippen LogP contribution is 2.23. The minimum atomic E-state index is -2.08. The van der Waals surface area contributed by atoms with E-state index in [9.17, 15) is 28.2 Å². The Bertz CT molecular complexity index is 436. The SMILES string of the molecule is COC(=O)C(O)C(O)c1cc(F)c(F)cc1F. The summed E-state index contributed by atoms with van der Waals surface area (Å²) < 4.78 is 42.7. The van der Waals surface area contributed by atoms with E-state index in [4.69, 9.17) is 0 Å². The van der Waals surface area contributed by atoms with E-state index in [1.165, 1.54) is 0 Å². The Morgan fingerprint density at radius 2 is 1.71 bits per heavy atom. The number of carbonyl (C=O) groups is 1. The quantitative estimate of drug-likeness (QED) is 0.611. The van der Waals surface area contributed by atoms with Crippen LogP contribution in [0.25, 0.3) is 0 Å². The summed E-state index contributed by atoms with van der Waals surface area (Å²) in [6.45, 7) is 0. The van der Waals surface area contributed by atoms with Gasteiger partial charge in [-0.2, -0.15) is 0 Å². The van der Waals surface area contributed by atoms with E-state index >= 15 is 0 Å². The predicted octanol–water partition coefficient (Wildman–Crippen LogP) is 0.671. The lowest BCUT2D eigenvalue weighted by Gasteiger charge is -2.16. The fourth-order valence-electron chi connectivity index (χ4n) is 1.18. The number of esters is 1. The van der Waals surface area contributed by atoms with Crippen molar-refractivity contribution >= 4 is 5.97 Å². The van der Waals surface area contributed by atoms with Crippen molar-refractivity contribution in [1.82, 2.24) is 0 Å². The summed E-state index contributed by atoms with van der Waals surface area (Å²) in [5.74, 6) is -5.34. The second kappa shape index (κ2) is 5.15. The molecule has 0 aliphatic rings. The molecule has 7 heteroatoms. The Labute approximate surface area is 94.3 Å². The van der Waals surface area contributed by atoms with Gasteiger partial charge in [0.15, 0.2) is 17.7 Å². The molecule has 0 aromatic heterocycles. The molecule has 0 fully saturated rings. The molecule has 0 aliphatic heterocycles. The third-order valence-electron chi connectivity index (χ3n) is 2.10. The van der Waals surface area contributed by atoms with Gasteiger partial charge in [-0.15, -0.1) is 0 Å². The first-order valence-electron chi connectivity index (χ1n) is 4.47. The molecule has 0 spiro atoms. The number of methoxy groups -OCH3 is 1. The Kier molecular flexibility index (Phi) is 4.08. The van der Waals surface area contributed by atoms with Crippen LogP contribution in [0.4, 0.5) is 13.2 Å². The molecule has 1 aromatic rings. The van der Waals surface area contributed by atoms with Crippen LogP contribution in [0.15, 0.2) is 12.1 Å². The summed E-state index contributed by atoms with van der Waals surface area (Å²) in [4.78, 5) is 10.9. The molecule has 0 amide bonds. The van der Waals surface area contributed by atoms with Crippen molar-refractivity contribution < 1.29 is 32.9 Å². The Hall–Kier alpha value is -1.60. The molecule has 94 valence electrons. The fourth-order valence-corrected chi connectivity index (χ4v) is 1.18. The second-order valence-electron chi connectivity index (χ2n) is 3.20. The summed E-state index contributed by atoms with van der Waals surface area (Å²) >= 11 is 0. The van der Waals surface area contributed by atoms with Crippen LogP contribution >= 0.6 is 0 Å². The van der Waals surface area contributed by atoms with Crippen molar-refractivity contribution in [3.05, 3.63) is 35.1 Å². The van der Waals surface area contributed by atoms with Crippen molar-refractivity contribution in [3.63, 3.8) is 0 Å². The first-order chi connectivity index (χ1) is 7.88. The molecule has 0 bridgehead atoms. The van der Waals surface area contributed by atoms with Crippen LogP contribution in [0, 0.1) is 17.5 Å². The Morgan fingerprint density at radius 1 is 1.18 bits per heavy atom. The topological polar surface area (TPSA) is 66.8 Å². The number of aliphatic hydroxyl groups is 2. The molecular weight excluding hydrogens is 241 g/mol. The molecule has 0 aliphatic carbocycles. The largest absolute Gasteiger partial charge is 0.467 e. The monoisotopic (exact) mass is 250 g/mol. The van der Waals surface area contributed by atoms with Gasteiger partial charge in [0.25, 0.3) is 0 Å². The van der Waals surface area contributed by atoms with E-state index < -0.39 is 41.2 Å². The highest BCUT2D eigenvalue weighted by Gasteiger charge is 2.29. The number of rotatable bonds is 3. The molecule has 2 N–H and O–H groups in total. The highest BCUT2D eigenvalue weighted by atomic mass is 19.2. The zero-order valence-electron chi connectivity index (χ0n) is 8.65. The minimum Gasteiger partial charge on any atom is -0.467 e.